The summed E-state index contributed by atoms with van der Waals surface area (Å²) in [6.07, 6.45) is 18.1. The molecule has 1 atom stereocenters. The molecule has 0 bridgehead atoms. The van der Waals surface area contributed by atoms with Gasteiger partial charge in [-0.15, -0.1) is 6.58 Å². The molecule has 0 rings (SSSR count). The molecule has 0 aromatic rings. The van der Waals surface area contributed by atoms with E-state index in [9.17, 15) is 5.11 Å². The predicted molar refractivity (Wildman–Crippen MR) is 81.9 cm³/mol. The molecule has 0 amide bonds. The molecule has 1 nitrogen and oxygen atoms in total. The number of rotatable bonds is 14. The molecule has 0 aliphatic heterocycles. The normalized spacial score (nSPS) is 12.6. The molecule has 0 heterocycles. The van der Waals surface area contributed by atoms with Crippen LogP contribution in [0.1, 0.15) is 90.4 Å². The van der Waals surface area contributed by atoms with E-state index in [-0.39, 0.29) is 6.10 Å². The Morgan fingerprint density at radius 1 is 0.833 bits per heavy atom. The zero-order chi connectivity index (χ0) is 13.5. The first-order valence-electron chi connectivity index (χ1n) is 8.10. The van der Waals surface area contributed by atoms with Gasteiger partial charge in [0.05, 0.1) is 6.10 Å². The van der Waals surface area contributed by atoms with Crippen molar-refractivity contribution in [3.8, 4) is 0 Å². The maximum atomic E-state index is 9.80. The number of unbranched alkanes of at least 4 members (excludes halogenated alkanes) is 9. The molecule has 0 spiro atoms. The highest BCUT2D eigenvalue weighted by Gasteiger charge is 2.03. The van der Waals surface area contributed by atoms with E-state index in [1.807, 2.05) is 6.08 Å². The van der Waals surface area contributed by atoms with Crippen LogP contribution < -0.4 is 0 Å². The zero-order valence-corrected chi connectivity index (χ0v) is 12.5. The van der Waals surface area contributed by atoms with Crippen LogP contribution in [0.5, 0.6) is 0 Å². The zero-order valence-electron chi connectivity index (χ0n) is 12.5. The second-order valence-corrected chi connectivity index (χ2v) is 5.49. The summed E-state index contributed by atoms with van der Waals surface area (Å²) >= 11 is 0. The maximum absolute atomic E-state index is 9.80. The monoisotopic (exact) mass is 254 g/mol. The minimum absolute atomic E-state index is 0.0603. The lowest BCUT2D eigenvalue weighted by Gasteiger charge is -2.09. The minimum Gasteiger partial charge on any atom is -0.393 e. The molecule has 0 unspecified atom stereocenters. The van der Waals surface area contributed by atoms with E-state index in [0.717, 1.165) is 25.7 Å². The quantitative estimate of drug-likeness (QED) is 0.315. The lowest BCUT2D eigenvalue weighted by Crippen LogP contribution is -2.05. The highest BCUT2D eigenvalue weighted by molar-refractivity contribution is 4.66. The van der Waals surface area contributed by atoms with Crippen LogP contribution >= 0.6 is 0 Å². The van der Waals surface area contributed by atoms with Crippen LogP contribution in [0, 0.1) is 0 Å². The van der Waals surface area contributed by atoms with Gasteiger partial charge >= 0.3 is 0 Å². The maximum Gasteiger partial charge on any atom is 0.0540 e. The first-order valence-corrected chi connectivity index (χ1v) is 8.10. The highest BCUT2D eigenvalue weighted by atomic mass is 16.3. The molecule has 18 heavy (non-hydrogen) atoms. The van der Waals surface area contributed by atoms with E-state index in [0.29, 0.717) is 0 Å². The van der Waals surface area contributed by atoms with Gasteiger partial charge in [0.15, 0.2) is 0 Å². The molecule has 0 saturated heterocycles. The fourth-order valence-electron chi connectivity index (χ4n) is 2.33. The SMILES string of the molecule is C=CCCCC[C@H](O)CCCCCCCCCC. The Kier molecular flexibility index (Phi) is 14.5. The van der Waals surface area contributed by atoms with Crippen LogP contribution in [0.4, 0.5) is 0 Å². The standard InChI is InChI=1S/C17H34O/c1-3-5-7-9-10-11-12-14-16-17(18)15-13-8-6-4-2/h4,17-18H,2-3,5-16H2,1H3/t17-/m0/s1. The fourth-order valence-corrected chi connectivity index (χ4v) is 2.33. The summed E-state index contributed by atoms with van der Waals surface area (Å²) < 4.78 is 0. The third-order valence-corrected chi connectivity index (χ3v) is 3.59. The van der Waals surface area contributed by atoms with E-state index >= 15 is 0 Å². The third kappa shape index (κ3) is 13.8. The highest BCUT2D eigenvalue weighted by Crippen LogP contribution is 2.13. The number of allylic oxidation sites excluding steroid dienone is 1. The van der Waals surface area contributed by atoms with Gasteiger partial charge < -0.3 is 5.11 Å². The Bertz CT molecular complexity index is 165. The second kappa shape index (κ2) is 14.8. The van der Waals surface area contributed by atoms with Gasteiger partial charge in [0.2, 0.25) is 0 Å². The van der Waals surface area contributed by atoms with Gasteiger partial charge in [-0.05, 0) is 25.7 Å². The Hall–Kier alpha value is -0.300. The average Bonchev–Trinajstić information content (AvgIpc) is 2.38. The fraction of sp³-hybridized carbons (Fsp3) is 0.882. The van der Waals surface area contributed by atoms with Crippen molar-refractivity contribution in [1.29, 1.82) is 0 Å². The van der Waals surface area contributed by atoms with Crippen molar-refractivity contribution >= 4 is 0 Å². The molecular formula is C17H34O. The number of aliphatic hydroxyl groups is 1. The molecule has 0 saturated carbocycles. The van der Waals surface area contributed by atoms with E-state index in [1.54, 1.807) is 0 Å². The molecular weight excluding hydrogens is 220 g/mol. The molecule has 0 aromatic carbocycles. The third-order valence-electron chi connectivity index (χ3n) is 3.59. The second-order valence-electron chi connectivity index (χ2n) is 5.49. The number of hydrogen-bond donors (Lipinski definition) is 1. The summed E-state index contributed by atoms with van der Waals surface area (Å²) in [7, 11) is 0. The topological polar surface area (TPSA) is 20.2 Å². The van der Waals surface area contributed by atoms with Crippen molar-refractivity contribution < 1.29 is 5.11 Å². The van der Waals surface area contributed by atoms with Gasteiger partial charge in [-0.25, -0.2) is 0 Å². The largest absolute Gasteiger partial charge is 0.393 e. The summed E-state index contributed by atoms with van der Waals surface area (Å²) in [5, 5.41) is 9.80. The van der Waals surface area contributed by atoms with Crippen LogP contribution in [0.3, 0.4) is 0 Å². The van der Waals surface area contributed by atoms with E-state index in [4.69, 9.17) is 0 Å². The van der Waals surface area contributed by atoms with Crippen LogP contribution in [0.2, 0.25) is 0 Å². The van der Waals surface area contributed by atoms with Crippen molar-refractivity contribution in [3.63, 3.8) is 0 Å². The van der Waals surface area contributed by atoms with Crippen molar-refractivity contribution in [2.75, 3.05) is 0 Å². The van der Waals surface area contributed by atoms with E-state index in [1.165, 1.54) is 57.8 Å². The molecule has 0 aliphatic carbocycles. The first kappa shape index (κ1) is 17.7. The molecule has 0 fully saturated rings. The van der Waals surface area contributed by atoms with Gasteiger partial charge in [0.25, 0.3) is 0 Å². The van der Waals surface area contributed by atoms with Gasteiger partial charge in [-0.1, -0.05) is 70.8 Å². The summed E-state index contributed by atoms with van der Waals surface area (Å²) in [5.41, 5.74) is 0. The van der Waals surface area contributed by atoms with E-state index in [2.05, 4.69) is 13.5 Å². The Balaban J connectivity index is 3.10. The molecule has 108 valence electrons. The summed E-state index contributed by atoms with van der Waals surface area (Å²) in [5.74, 6) is 0. The number of aliphatic hydroxyl groups excluding tert-OH is 1. The van der Waals surface area contributed by atoms with Crippen LogP contribution in [0.15, 0.2) is 12.7 Å². The molecule has 1 N–H and O–H groups in total. The number of hydrogen-bond acceptors (Lipinski definition) is 1. The lowest BCUT2D eigenvalue weighted by atomic mass is 10.0. The average molecular weight is 254 g/mol. The summed E-state index contributed by atoms with van der Waals surface area (Å²) in [6, 6.07) is 0. The van der Waals surface area contributed by atoms with Crippen LogP contribution in [0.25, 0.3) is 0 Å². The Morgan fingerprint density at radius 3 is 1.89 bits per heavy atom. The van der Waals surface area contributed by atoms with Gasteiger partial charge in [0, 0.05) is 0 Å². The molecule has 1 heteroatoms. The summed E-state index contributed by atoms with van der Waals surface area (Å²) in [4.78, 5) is 0. The van der Waals surface area contributed by atoms with Crippen molar-refractivity contribution in [3.05, 3.63) is 12.7 Å². The molecule has 0 radical (unpaired) electrons. The Morgan fingerprint density at radius 2 is 1.33 bits per heavy atom. The summed E-state index contributed by atoms with van der Waals surface area (Å²) in [6.45, 7) is 5.97. The lowest BCUT2D eigenvalue weighted by molar-refractivity contribution is 0.147. The predicted octanol–water partition coefficient (Wildman–Crippen LogP) is 5.62. The molecule has 0 aromatic heterocycles. The molecule has 0 aliphatic rings. The van der Waals surface area contributed by atoms with Crippen molar-refractivity contribution in [2.45, 2.75) is 96.5 Å². The van der Waals surface area contributed by atoms with Crippen LogP contribution in [-0.4, -0.2) is 11.2 Å². The van der Waals surface area contributed by atoms with Gasteiger partial charge in [-0.2, -0.15) is 0 Å². The van der Waals surface area contributed by atoms with Gasteiger partial charge in [-0.3, -0.25) is 0 Å². The first-order chi connectivity index (χ1) is 8.81. The smallest absolute Gasteiger partial charge is 0.0540 e. The van der Waals surface area contributed by atoms with Crippen molar-refractivity contribution in [2.24, 2.45) is 0 Å². The Labute approximate surface area is 115 Å². The minimum atomic E-state index is -0.0603. The van der Waals surface area contributed by atoms with E-state index < -0.39 is 0 Å². The van der Waals surface area contributed by atoms with Crippen LogP contribution in [-0.2, 0) is 0 Å². The van der Waals surface area contributed by atoms with Gasteiger partial charge in [0.1, 0.15) is 0 Å². The van der Waals surface area contributed by atoms with Crippen molar-refractivity contribution in [1.82, 2.24) is 0 Å².